The van der Waals surface area contributed by atoms with E-state index in [1.54, 1.807) is 0 Å². The van der Waals surface area contributed by atoms with Crippen molar-refractivity contribution in [1.82, 2.24) is 9.62 Å². The molecule has 0 aliphatic carbocycles. The molecule has 116 valence electrons. The maximum absolute atomic E-state index is 12.0. The lowest BCUT2D eigenvalue weighted by Gasteiger charge is -2.31. The van der Waals surface area contributed by atoms with Gasteiger partial charge in [-0.3, -0.25) is 0 Å². The summed E-state index contributed by atoms with van der Waals surface area (Å²) >= 11 is 0. The second-order valence-corrected chi connectivity index (χ2v) is 7.41. The number of hydrogen-bond donors (Lipinski definition) is 2. The summed E-state index contributed by atoms with van der Waals surface area (Å²) < 4.78 is 24.5. The molecule has 0 aromatic heterocycles. The average Bonchev–Trinajstić information content (AvgIpc) is 2.37. The third-order valence-corrected chi connectivity index (χ3v) is 4.73. The molecule has 1 aromatic carbocycles. The molecule has 0 saturated carbocycles. The highest BCUT2D eigenvalue weighted by atomic mass is 32.2. The highest BCUT2D eigenvalue weighted by molar-refractivity contribution is 7.88. The molecule has 2 rings (SSSR count). The Labute approximate surface area is 125 Å². The van der Waals surface area contributed by atoms with Crippen LogP contribution in [0.25, 0.3) is 0 Å². The van der Waals surface area contributed by atoms with Crippen molar-refractivity contribution in [1.29, 1.82) is 0 Å². The Hall–Kier alpha value is -1.60. The summed E-state index contributed by atoms with van der Waals surface area (Å²) in [6.45, 7) is 2.81. The molecule has 1 unspecified atom stereocenters. The van der Waals surface area contributed by atoms with Crippen LogP contribution < -0.4 is 10.6 Å². The van der Waals surface area contributed by atoms with Gasteiger partial charge in [0.05, 0.1) is 6.26 Å². The predicted molar refractivity (Wildman–Crippen MR) is 82.8 cm³/mol. The van der Waals surface area contributed by atoms with Gasteiger partial charge in [0.25, 0.3) is 0 Å². The number of nitrogens with zero attached hydrogens (tertiary/aromatic N) is 1. The molecule has 2 amide bonds. The number of hydrogen-bond acceptors (Lipinski definition) is 3. The van der Waals surface area contributed by atoms with Gasteiger partial charge in [-0.15, -0.1) is 0 Å². The molecule has 1 aliphatic heterocycles. The van der Waals surface area contributed by atoms with E-state index in [9.17, 15) is 13.2 Å². The first-order chi connectivity index (χ1) is 9.84. The summed E-state index contributed by atoms with van der Waals surface area (Å²) in [5.74, 6) is 0. The molecule has 1 fully saturated rings. The normalized spacial score (nSPS) is 20.0. The molecule has 1 aromatic rings. The SMILES string of the molecule is Cc1cccc(NC(=O)NC2CCCN(S(C)(=O)=O)C2)c1. The van der Waals surface area contributed by atoms with Crippen LogP contribution in [0.3, 0.4) is 0 Å². The Bertz CT molecular complexity index is 616. The van der Waals surface area contributed by atoms with E-state index in [0.29, 0.717) is 13.1 Å². The largest absolute Gasteiger partial charge is 0.334 e. The number of aryl methyl sites for hydroxylation is 1. The van der Waals surface area contributed by atoms with Gasteiger partial charge in [0.15, 0.2) is 0 Å². The minimum absolute atomic E-state index is 0.154. The summed E-state index contributed by atoms with van der Waals surface area (Å²) in [4.78, 5) is 12.0. The molecule has 0 spiro atoms. The van der Waals surface area contributed by atoms with Crippen molar-refractivity contribution in [2.75, 3.05) is 24.7 Å². The lowest BCUT2D eigenvalue weighted by Crippen LogP contribution is -2.50. The molecule has 2 N–H and O–H groups in total. The number of piperidine rings is 1. The van der Waals surface area contributed by atoms with Gasteiger partial charge in [0.1, 0.15) is 0 Å². The highest BCUT2D eigenvalue weighted by Crippen LogP contribution is 2.14. The van der Waals surface area contributed by atoms with Crippen LogP contribution >= 0.6 is 0 Å². The molecule has 1 saturated heterocycles. The summed E-state index contributed by atoms with van der Waals surface area (Å²) in [5, 5.41) is 5.60. The number of benzene rings is 1. The van der Waals surface area contributed by atoms with Crippen molar-refractivity contribution < 1.29 is 13.2 Å². The van der Waals surface area contributed by atoms with Crippen LogP contribution in [0.15, 0.2) is 24.3 Å². The van der Waals surface area contributed by atoms with E-state index in [0.717, 1.165) is 24.1 Å². The monoisotopic (exact) mass is 311 g/mol. The molecule has 1 atom stereocenters. The zero-order valence-corrected chi connectivity index (χ0v) is 13.1. The topological polar surface area (TPSA) is 78.5 Å². The Morgan fingerprint density at radius 2 is 2.14 bits per heavy atom. The minimum Gasteiger partial charge on any atom is -0.334 e. The standard InChI is InChI=1S/C14H21N3O3S/c1-11-5-3-6-12(9-11)15-14(18)16-13-7-4-8-17(10-13)21(2,19)20/h3,5-6,9,13H,4,7-8,10H2,1-2H3,(H2,15,16,18). The molecular formula is C14H21N3O3S. The minimum atomic E-state index is -3.20. The van der Waals surface area contributed by atoms with Gasteiger partial charge in [0.2, 0.25) is 10.0 Å². The van der Waals surface area contributed by atoms with E-state index < -0.39 is 10.0 Å². The van der Waals surface area contributed by atoms with E-state index in [2.05, 4.69) is 10.6 Å². The van der Waals surface area contributed by atoms with E-state index in [1.165, 1.54) is 10.6 Å². The molecule has 0 radical (unpaired) electrons. The first kappa shape index (κ1) is 15.8. The highest BCUT2D eigenvalue weighted by Gasteiger charge is 2.26. The number of rotatable bonds is 3. The van der Waals surface area contributed by atoms with E-state index in [4.69, 9.17) is 0 Å². The second kappa shape index (κ2) is 6.44. The Balaban J connectivity index is 1.90. The fraction of sp³-hybridized carbons (Fsp3) is 0.500. The molecule has 0 bridgehead atoms. The Morgan fingerprint density at radius 3 is 2.81 bits per heavy atom. The van der Waals surface area contributed by atoms with Crippen LogP contribution in [-0.4, -0.2) is 44.1 Å². The third kappa shape index (κ3) is 4.71. The van der Waals surface area contributed by atoms with Gasteiger partial charge in [-0.05, 0) is 37.5 Å². The Morgan fingerprint density at radius 1 is 1.38 bits per heavy atom. The molecular weight excluding hydrogens is 290 g/mol. The van der Waals surface area contributed by atoms with Gasteiger partial charge in [-0.1, -0.05) is 12.1 Å². The quantitative estimate of drug-likeness (QED) is 0.889. The lowest BCUT2D eigenvalue weighted by atomic mass is 10.1. The zero-order chi connectivity index (χ0) is 15.5. The van der Waals surface area contributed by atoms with Gasteiger partial charge in [-0.2, -0.15) is 0 Å². The number of anilines is 1. The molecule has 1 aliphatic rings. The first-order valence-electron chi connectivity index (χ1n) is 6.94. The fourth-order valence-corrected chi connectivity index (χ4v) is 3.35. The Kier molecular flexibility index (Phi) is 4.84. The van der Waals surface area contributed by atoms with Crippen LogP contribution in [0.4, 0.5) is 10.5 Å². The maximum atomic E-state index is 12.0. The number of carbonyl (C=O) groups is 1. The van der Waals surface area contributed by atoms with E-state index >= 15 is 0 Å². The third-order valence-electron chi connectivity index (χ3n) is 3.46. The van der Waals surface area contributed by atoms with Crippen molar-refractivity contribution in [2.45, 2.75) is 25.8 Å². The maximum Gasteiger partial charge on any atom is 0.319 e. The van der Waals surface area contributed by atoms with Gasteiger partial charge in [0, 0.05) is 24.8 Å². The van der Waals surface area contributed by atoms with Crippen molar-refractivity contribution >= 4 is 21.7 Å². The summed E-state index contributed by atoms with van der Waals surface area (Å²) in [6.07, 6.45) is 2.73. The second-order valence-electron chi connectivity index (χ2n) is 5.43. The molecule has 6 nitrogen and oxygen atoms in total. The van der Waals surface area contributed by atoms with Gasteiger partial charge < -0.3 is 10.6 Å². The van der Waals surface area contributed by atoms with Crippen LogP contribution in [0.5, 0.6) is 0 Å². The lowest BCUT2D eigenvalue weighted by molar-refractivity contribution is 0.236. The number of nitrogens with one attached hydrogen (secondary N) is 2. The van der Waals surface area contributed by atoms with Gasteiger partial charge in [-0.25, -0.2) is 17.5 Å². The molecule has 21 heavy (non-hydrogen) atoms. The number of urea groups is 1. The molecule has 7 heteroatoms. The molecule has 1 heterocycles. The predicted octanol–water partition coefficient (Wildman–Crippen LogP) is 1.54. The summed E-state index contributed by atoms with van der Waals surface area (Å²) in [7, 11) is -3.20. The number of sulfonamides is 1. The van der Waals surface area contributed by atoms with Crippen LogP contribution in [0.1, 0.15) is 18.4 Å². The first-order valence-corrected chi connectivity index (χ1v) is 8.79. The van der Waals surface area contributed by atoms with Crippen LogP contribution in [0, 0.1) is 6.92 Å². The average molecular weight is 311 g/mol. The zero-order valence-electron chi connectivity index (χ0n) is 12.3. The van der Waals surface area contributed by atoms with E-state index in [1.807, 2.05) is 31.2 Å². The van der Waals surface area contributed by atoms with Crippen LogP contribution in [0.2, 0.25) is 0 Å². The summed E-state index contributed by atoms with van der Waals surface area (Å²) in [6, 6.07) is 7.06. The van der Waals surface area contributed by atoms with E-state index in [-0.39, 0.29) is 12.1 Å². The number of carbonyl (C=O) groups excluding carboxylic acids is 1. The fourth-order valence-electron chi connectivity index (χ4n) is 2.44. The van der Waals surface area contributed by atoms with Crippen molar-refractivity contribution in [3.05, 3.63) is 29.8 Å². The van der Waals surface area contributed by atoms with Crippen molar-refractivity contribution in [3.8, 4) is 0 Å². The summed E-state index contributed by atoms with van der Waals surface area (Å²) in [5.41, 5.74) is 1.79. The van der Waals surface area contributed by atoms with Crippen LogP contribution in [-0.2, 0) is 10.0 Å². The van der Waals surface area contributed by atoms with Crippen molar-refractivity contribution in [3.63, 3.8) is 0 Å². The number of amides is 2. The van der Waals surface area contributed by atoms with Gasteiger partial charge >= 0.3 is 6.03 Å². The van der Waals surface area contributed by atoms with Crippen molar-refractivity contribution in [2.24, 2.45) is 0 Å². The smallest absolute Gasteiger partial charge is 0.319 e.